The lowest BCUT2D eigenvalue weighted by molar-refractivity contribution is -0.0114. The Labute approximate surface area is 387 Å². The molecule has 354 valence electrons. The van der Waals surface area contributed by atoms with Gasteiger partial charge in [0.15, 0.2) is 6.79 Å². The number of methoxy groups -OCH3 is 1. The number of nitrogens with zero attached hydrogens (tertiary/aromatic N) is 1. The number of carbonyl (C=O) groups is 3. The van der Waals surface area contributed by atoms with Gasteiger partial charge in [-0.25, -0.2) is 4.79 Å². The Morgan fingerprint density at radius 3 is 1.91 bits per heavy atom. The van der Waals surface area contributed by atoms with Gasteiger partial charge in [0.2, 0.25) is 0 Å². The molecule has 15 nitrogen and oxygen atoms in total. The number of fused-ring (bicyclic) bond motifs is 2. The highest BCUT2D eigenvalue weighted by molar-refractivity contribution is 5.95. The molecule has 15 heteroatoms. The van der Waals surface area contributed by atoms with Gasteiger partial charge in [0, 0.05) is 73.9 Å². The van der Waals surface area contributed by atoms with Crippen molar-refractivity contribution in [1.82, 2.24) is 20.9 Å². The third kappa shape index (κ3) is 13.1. The van der Waals surface area contributed by atoms with Gasteiger partial charge in [-0.2, -0.15) is 0 Å². The highest BCUT2D eigenvalue weighted by atomic mass is 16.7. The van der Waals surface area contributed by atoms with Crippen LogP contribution in [0.25, 0.3) is 0 Å². The van der Waals surface area contributed by atoms with Crippen LogP contribution in [0, 0.1) is 0 Å². The van der Waals surface area contributed by atoms with Crippen LogP contribution in [-0.2, 0) is 35.4 Å². The SMILES string of the molecule is COCOc1ccc2c(c1)CN(C(=O)OC(C)(C)C)[C@H]([C@H](O)CNC(=O)c1cccc(NC3CCC3)c1)C2.O=C(NC[C@@H](O)[C@@H]1Cc2ccc(O)cc2CN1)c1cccc(NC2CCC2)c1. The Balaban J connectivity index is 0.000000205. The van der Waals surface area contributed by atoms with Gasteiger partial charge < -0.3 is 56.1 Å². The van der Waals surface area contributed by atoms with Crippen LogP contribution in [0.3, 0.4) is 0 Å². The first kappa shape index (κ1) is 48.1. The van der Waals surface area contributed by atoms with E-state index in [1.165, 1.54) is 30.6 Å². The van der Waals surface area contributed by atoms with Crippen molar-refractivity contribution in [3.8, 4) is 11.5 Å². The number of ether oxygens (including phenoxy) is 3. The number of rotatable bonds is 15. The first-order chi connectivity index (χ1) is 31.7. The average Bonchev–Trinajstić information content (AvgIpc) is 3.28. The van der Waals surface area contributed by atoms with Crippen molar-refractivity contribution < 1.29 is 43.9 Å². The number of aliphatic hydroxyl groups excluding tert-OH is 2. The molecular formula is C51H66N6O9. The van der Waals surface area contributed by atoms with E-state index in [0.29, 0.717) is 48.3 Å². The zero-order valence-corrected chi connectivity index (χ0v) is 38.5. The summed E-state index contributed by atoms with van der Waals surface area (Å²) in [5.74, 6) is 0.426. The second kappa shape index (κ2) is 22.1. The Hall–Kier alpha value is -5.87. The van der Waals surface area contributed by atoms with Crippen LogP contribution < -0.4 is 31.3 Å². The number of nitrogens with one attached hydrogen (secondary N) is 5. The van der Waals surface area contributed by atoms with Gasteiger partial charge in [-0.05, 0) is 155 Å². The van der Waals surface area contributed by atoms with Crippen molar-refractivity contribution in [3.63, 3.8) is 0 Å². The lowest BCUT2D eigenvalue weighted by atomic mass is 9.91. The van der Waals surface area contributed by atoms with Gasteiger partial charge in [-0.3, -0.25) is 14.5 Å². The number of carbonyl (C=O) groups excluding carboxylic acids is 3. The number of phenols is 1. The Morgan fingerprint density at radius 1 is 0.742 bits per heavy atom. The minimum absolute atomic E-state index is 0.00650. The molecule has 0 aromatic heterocycles. The van der Waals surface area contributed by atoms with Crippen molar-refractivity contribution in [1.29, 1.82) is 0 Å². The van der Waals surface area contributed by atoms with E-state index in [9.17, 15) is 29.7 Å². The lowest BCUT2D eigenvalue weighted by Crippen LogP contribution is -2.54. The lowest BCUT2D eigenvalue weighted by Gasteiger charge is -2.40. The van der Waals surface area contributed by atoms with E-state index in [-0.39, 0.29) is 50.0 Å². The molecule has 0 bridgehead atoms. The van der Waals surface area contributed by atoms with Gasteiger partial charge in [-0.15, -0.1) is 0 Å². The van der Waals surface area contributed by atoms with E-state index in [0.717, 1.165) is 46.5 Å². The summed E-state index contributed by atoms with van der Waals surface area (Å²) in [5.41, 5.74) is 6.36. The van der Waals surface area contributed by atoms with Gasteiger partial charge in [0.05, 0.1) is 18.2 Å². The maximum atomic E-state index is 13.2. The Morgan fingerprint density at radius 2 is 1.33 bits per heavy atom. The number of amides is 3. The van der Waals surface area contributed by atoms with E-state index in [1.54, 1.807) is 52.1 Å². The number of hydrogen-bond donors (Lipinski definition) is 8. The van der Waals surface area contributed by atoms with E-state index in [1.807, 2.05) is 60.7 Å². The summed E-state index contributed by atoms with van der Waals surface area (Å²) < 4.78 is 16.2. The standard InChI is InChI=1S/C29H39N3O6.C22H27N3O3/c1-29(2,3)38-28(35)32-17-21-14-24(37-18-36-4)12-11-19(21)15-25(32)26(33)16-30-27(34)20-7-5-10-23(13-20)31-22-8-6-9-22;26-19-8-7-14-11-20(23-12-16(14)10-19)21(27)13-24-22(28)15-3-1-6-18(9-15)25-17-4-2-5-17/h5,7,10-14,22,25-26,31,33H,6,8-9,15-18H2,1-4H3,(H,30,34);1,3,6-10,17,20-21,23,25-27H,2,4-5,11-13H2,(H,24,28)/t25-,26+;20-,21+/m00/s1. The quantitative estimate of drug-likeness (QED) is 0.0625. The molecule has 2 saturated carbocycles. The number of benzene rings is 4. The molecule has 4 aliphatic rings. The first-order valence-corrected chi connectivity index (χ1v) is 23.1. The first-order valence-electron chi connectivity index (χ1n) is 23.1. The summed E-state index contributed by atoms with van der Waals surface area (Å²) in [6.45, 7) is 6.55. The summed E-state index contributed by atoms with van der Waals surface area (Å²) in [4.78, 5) is 40.1. The smallest absolute Gasteiger partial charge is 0.410 e. The minimum Gasteiger partial charge on any atom is -0.508 e. The van der Waals surface area contributed by atoms with Crippen molar-refractivity contribution >= 4 is 29.3 Å². The largest absolute Gasteiger partial charge is 0.508 e. The van der Waals surface area contributed by atoms with Gasteiger partial charge in [-0.1, -0.05) is 24.3 Å². The molecule has 8 rings (SSSR count). The molecule has 8 N–H and O–H groups in total. The third-order valence-corrected chi connectivity index (χ3v) is 12.6. The Bertz CT molecular complexity index is 2290. The number of phenolic OH excluding ortho intramolecular Hbond substituents is 1. The Kier molecular flexibility index (Phi) is 16.1. The summed E-state index contributed by atoms with van der Waals surface area (Å²) in [6, 6.07) is 26.1. The molecule has 0 unspecified atom stereocenters. The molecule has 0 saturated heterocycles. The normalized spacial score (nSPS) is 18.9. The van der Waals surface area contributed by atoms with Crippen LogP contribution in [0.15, 0.2) is 84.9 Å². The number of aromatic hydroxyl groups is 1. The van der Waals surface area contributed by atoms with Gasteiger partial charge >= 0.3 is 6.09 Å². The predicted molar refractivity (Wildman–Crippen MR) is 253 cm³/mol. The van der Waals surface area contributed by atoms with Crippen molar-refractivity contribution in [2.24, 2.45) is 0 Å². The topological polar surface area (TPSA) is 203 Å². The summed E-state index contributed by atoms with van der Waals surface area (Å²) in [7, 11) is 1.55. The zero-order chi connectivity index (χ0) is 46.8. The van der Waals surface area contributed by atoms with E-state index >= 15 is 0 Å². The number of aliphatic hydroxyl groups is 2. The van der Waals surface area contributed by atoms with Crippen LogP contribution in [0.2, 0.25) is 0 Å². The fourth-order valence-corrected chi connectivity index (χ4v) is 8.42. The molecule has 4 aromatic rings. The molecule has 2 heterocycles. The summed E-state index contributed by atoms with van der Waals surface area (Å²) in [5, 5.41) is 47.1. The fraction of sp³-hybridized carbons (Fsp3) is 0.471. The predicted octanol–water partition coefficient (Wildman–Crippen LogP) is 6.25. The van der Waals surface area contributed by atoms with Crippen LogP contribution in [-0.4, -0.2) is 107 Å². The van der Waals surface area contributed by atoms with Crippen LogP contribution in [0.4, 0.5) is 16.2 Å². The third-order valence-electron chi connectivity index (χ3n) is 12.6. The summed E-state index contributed by atoms with van der Waals surface area (Å²) in [6.07, 6.45) is 6.00. The van der Waals surface area contributed by atoms with E-state index < -0.39 is 29.9 Å². The van der Waals surface area contributed by atoms with Crippen molar-refractivity contribution in [2.75, 3.05) is 37.6 Å². The van der Waals surface area contributed by atoms with Crippen molar-refractivity contribution in [2.45, 2.75) is 127 Å². The molecule has 0 radical (unpaired) electrons. The molecule has 66 heavy (non-hydrogen) atoms. The maximum Gasteiger partial charge on any atom is 0.410 e. The van der Waals surface area contributed by atoms with E-state index in [2.05, 4.69) is 26.6 Å². The molecule has 2 fully saturated rings. The van der Waals surface area contributed by atoms with Crippen LogP contribution in [0.1, 0.15) is 102 Å². The van der Waals surface area contributed by atoms with Crippen molar-refractivity contribution in [3.05, 3.63) is 118 Å². The minimum atomic E-state index is -1.000. The monoisotopic (exact) mass is 906 g/mol. The molecule has 4 atom stereocenters. The molecule has 4 aromatic carbocycles. The van der Waals surface area contributed by atoms with Gasteiger partial charge in [0.25, 0.3) is 11.8 Å². The highest BCUT2D eigenvalue weighted by Gasteiger charge is 2.37. The zero-order valence-electron chi connectivity index (χ0n) is 38.5. The van der Waals surface area contributed by atoms with Crippen LogP contribution >= 0.6 is 0 Å². The molecule has 2 aliphatic heterocycles. The average molecular weight is 907 g/mol. The fourth-order valence-electron chi connectivity index (χ4n) is 8.42. The summed E-state index contributed by atoms with van der Waals surface area (Å²) >= 11 is 0. The highest BCUT2D eigenvalue weighted by Crippen LogP contribution is 2.31. The maximum absolute atomic E-state index is 13.2. The number of anilines is 2. The molecule has 0 spiro atoms. The van der Waals surface area contributed by atoms with E-state index in [4.69, 9.17) is 14.2 Å². The second-order valence-corrected chi connectivity index (χ2v) is 18.8. The van der Waals surface area contributed by atoms with Gasteiger partial charge in [0.1, 0.15) is 17.1 Å². The second-order valence-electron chi connectivity index (χ2n) is 18.8. The molecule has 3 amide bonds. The molecular weight excluding hydrogens is 841 g/mol. The molecule has 2 aliphatic carbocycles. The van der Waals surface area contributed by atoms with Crippen LogP contribution in [0.5, 0.6) is 11.5 Å². The number of hydrogen-bond acceptors (Lipinski definition) is 12.